The van der Waals surface area contributed by atoms with E-state index in [9.17, 15) is 9.59 Å². The van der Waals surface area contributed by atoms with Gasteiger partial charge in [-0.25, -0.2) is 0 Å². The lowest BCUT2D eigenvalue weighted by Gasteiger charge is -2.08. The molecule has 0 fully saturated rings. The van der Waals surface area contributed by atoms with Gasteiger partial charge in [0.25, 0.3) is 0 Å². The van der Waals surface area contributed by atoms with Gasteiger partial charge in [-0.2, -0.15) is 0 Å². The van der Waals surface area contributed by atoms with Crippen molar-refractivity contribution in [3.8, 4) is 0 Å². The Morgan fingerprint density at radius 3 is 1.60 bits per heavy atom. The van der Waals surface area contributed by atoms with Crippen LogP contribution >= 0.6 is 23.2 Å². The molecule has 2 unspecified atom stereocenters. The maximum Gasteiger partial charge on any atom is 0.147 e. The van der Waals surface area contributed by atoms with Crippen LogP contribution in [-0.4, -0.2) is 35.5 Å². The van der Waals surface area contributed by atoms with Crippen LogP contribution in [0.1, 0.15) is 26.7 Å². The Bertz CT molecular complexity index is 197. The maximum atomic E-state index is 10.8. The van der Waals surface area contributed by atoms with E-state index in [2.05, 4.69) is 0 Å². The van der Waals surface area contributed by atoms with Gasteiger partial charge in [-0.05, 0) is 26.7 Å². The molecule has 0 radical (unpaired) electrons. The van der Waals surface area contributed by atoms with E-state index >= 15 is 0 Å². The third-order valence-corrected chi connectivity index (χ3v) is 2.96. The van der Waals surface area contributed by atoms with Gasteiger partial charge < -0.3 is 4.74 Å². The summed E-state index contributed by atoms with van der Waals surface area (Å²) in [5.41, 5.74) is 0. The van der Waals surface area contributed by atoms with Gasteiger partial charge in [0.1, 0.15) is 11.6 Å². The molecule has 0 amide bonds. The Morgan fingerprint density at radius 2 is 1.33 bits per heavy atom. The maximum absolute atomic E-state index is 10.8. The molecule has 0 aromatic rings. The number of ketones is 2. The van der Waals surface area contributed by atoms with Crippen molar-refractivity contribution in [3.63, 3.8) is 0 Å². The van der Waals surface area contributed by atoms with Gasteiger partial charge in [0, 0.05) is 13.2 Å². The summed E-state index contributed by atoms with van der Waals surface area (Å²) < 4.78 is 5.20. The zero-order chi connectivity index (χ0) is 11.8. The minimum absolute atomic E-state index is 0.0563. The Balaban J connectivity index is 3.40. The van der Waals surface area contributed by atoms with Gasteiger partial charge in [0.15, 0.2) is 0 Å². The first-order chi connectivity index (χ1) is 6.95. The highest BCUT2D eigenvalue weighted by Crippen LogP contribution is 2.06. The zero-order valence-corrected chi connectivity index (χ0v) is 10.5. The topological polar surface area (TPSA) is 43.4 Å². The predicted molar refractivity (Wildman–Crippen MR) is 60.7 cm³/mol. The lowest BCUT2D eigenvalue weighted by molar-refractivity contribution is -0.117. The van der Waals surface area contributed by atoms with Gasteiger partial charge in [-0.1, -0.05) is 0 Å². The van der Waals surface area contributed by atoms with Gasteiger partial charge in [0.05, 0.1) is 10.8 Å². The smallest absolute Gasteiger partial charge is 0.147 e. The molecule has 5 heteroatoms. The monoisotopic (exact) mass is 254 g/mol. The summed E-state index contributed by atoms with van der Waals surface area (Å²) in [5, 5.41) is -0.964. The van der Waals surface area contributed by atoms with Gasteiger partial charge in [0.2, 0.25) is 0 Å². The van der Waals surface area contributed by atoms with Crippen LogP contribution in [0, 0.1) is 0 Å². The molecule has 2 atom stereocenters. The Morgan fingerprint density at radius 1 is 1.00 bits per heavy atom. The number of hydrogen-bond acceptors (Lipinski definition) is 3. The van der Waals surface area contributed by atoms with E-state index in [0.29, 0.717) is 26.1 Å². The highest BCUT2D eigenvalue weighted by atomic mass is 35.5. The molecular weight excluding hydrogens is 239 g/mol. The van der Waals surface area contributed by atoms with E-state index in [1.165, 1.54) is 13.8 Å². The van der Waals surface area contributed by atoms with Crippen LogP contribution in [0.2, 0.25) is 0 Å². The highest BCUT2D eigenvalue weighted by molar-refractivity contribution is 6.31. The summed E-state index contributed by atoms with van der Waals surface area (Å²) in [4.78, 5) is 21.5. The second-order valence-corrected chi connectivity index (χ2v) is 4.40. The molecule has 0 spiro atoms. The second-order valence-electron chi connectivity index (χ2n) is 3.35. The summed E-state index contributed by atoms with van der Waals surface area (Å²) in [5.74, 6) is -0.113. The summed E-state index contributed by atoms with van der Waals surface area (Å²) in [6, 6.07) is 0. The molecular formula is C10H16Cl2O3. The number of rotatable bonds is 8. The lowest BCUT2D eigenvalue weighted by atomic mass is 10.2. The van der Waals surface area contributed by atoms with E-state index in [-0.39, 0.29) is 11.6 Å². The molecule has 0 saturated heterocycles. The average molecular weight is 255 g/mol. The minimum atomic E-state index is -0.482. The fourth-order valence-corrected chi connectivity index (χ4v) is 1.06. The SMILES string of the molecule is CC(=O)C(Cl)CCOCCC(Cl)C(C)=O. The predicted octanol–water partition coefficient (Wildman–Crippen LogP) is 2.18. The summed E-state index contributed by atoms with van der Waals surface area (Å²) >= 11 is 11.4. The number of halogens is 2. The molecule has 0 bridgehead atoms. The first kappa shape index (κ1) is 14.9. The first-order valence-corrected chi connectivity index (χ1v) is 5.69. The van der Waals surface area contributed by atoms with E-state index in [4.69, 9.17) is 27.9 Å². The number of Topliss-reactive ketones (excluding diaryl/α,β-unsaturated/α-hetero) is 2. The molecule has 0 aliphatic carbocycles. The van der Waals surface area contributed by atoms with Crippen LogP contribution in [-0.2, 0) is 14.3 Å². The van der Waals surface area contributed by atoms with Gasteiger partial charge >= 0.3 is 0 Å². The largest absolute Gasteiger partial charge is 0.381 e. The third kappa shape index (κ3) is 7.77. The fraction of sp³-hybridized carbons (Fsp3) is 0.800. The standard InChI is InChI=1S/C10H16Cl2O3/c1-7(13)9(11)3-5-15-6-4-10(12)8(2)14/h9-10H,3-6H2,1-2H3. The van der Waals surface area contributed by atoms with Crippen molar-refractivity contribution in [2.24, 2.45) is 0 Å². The normalized spacial score (nSPS) is 14.7. The minimum Gasteiger partial charge on any atom is -0.381 e. The molecule has 0 rings (SSSR count). The van der Waals surface area contributed by atoms with E-state index in [1.807, 2.05) is 0 Å². The summed E-state index contributed by atoms with van der Waals surface area (Å²) in [7, 11) is 0. The summed E-state index contributed by atoms with van der Waals surface area (Å²) in [6.07, 6.45) is 0.980. The molecule has 0 aliphatic heterocycles. The quantitative estimate of drug-likeness (QED) is 0.493. The number of ether oxygens (including phenoxy) is 1. The van der Waals surface area contributed by atoms with Crippen LogP contribution in [0.5, 0.6) is 0 Å². The van der Waals surface area contributed by atoms with Crippen LogP contribution in [0.4, 0.5) is 0 Å². The molecule has 0 aromatic carbocycles. The van der Waals surface area contributed by atoms with Crippen LogP contribution < -0.4 is 0 Å². The Kier molecular flexibility index (Phi) is 8.02. The van der Waals surface area contributed by atoms with Crippen molar-refractivity contribution in [3.05, 3.63) is 0 Å². The first-order valence-electron chi connectivity index (χ1n) is 4.82. The second kappa shape index (κ2) is 8.08. The Labute approximate surface area is 100 Å². The molecule has 3 nitrogen and oxygen atoms in total. The van der Waals surface area contributed by atoms with Crippen molar-refractivity contribution in [1.29, 1.82) is 0 Å². The Hall–Kier alpha value is -0.120. The van der Waals surface area contributed by atoms with Crippen molar-refractivity contribution in [2.75, 3.05) is 13.2 Å². The molecule has 0 saturated carbocycles. The van der Waals surface area contributed by atoms with Crippen LogP contribution in [0.15, 0.2) is 0 Å². The van der Waals surface area contributed by atoms with E-state index < -0.39 is 10.8 Å². The van der Waals surface area contributed by atoms with Crippen molar-refractivity contribution >= 4 is 34.8 Å². The van der Waals surface area contributed by atoms with Gasteiger partial charge in [-0.15, -0.1) is 23.2 Å². The van der Waals surface area contributed by atoms with Crippen LogP contribution in [0.25, 0.3) is 0 Å². The third-order valence-electron chi connectivity index (χ3n) is 1.91. The number of carbonyl (C=O) groups is 2. The van der Waals surface area contributed by atoms with E-state index in [0.717, 1.165) is 0 Å². The molecule has 0 aliphatic rings. The highest BCUT2D eigenvalue weighted by Gasteiger charge is 2.11. The molecule has 0 N–H and O–H groups in total. The van der Waals surface area contributed by atoms with E-state index in [1.54, 1.807) is 0 Å². The fourth-order valence-electron chi connectivity index (χ4n) is 0.882. The van der Waals surface area contributed by atoms with Crippen molar-refractivity contribution < 1.29 is 14.3 Å². The number of carbonyl (C=O) groups excluding carboxylic acids is 2. The average Bonchev–Trinajstić information content (AvgIpc) is 2.16. The molecule has 88 valence electrons. The summed E-state index contributed by atoms with van der Waals surface area (Å²) in [6.45, 7) is 3.72. The number of hydrogen-bond donors (Lipinski definition) is 0. The lowest BCUT2D eigenvalue weighted by Crippen LogP contribution is -2.16. The van der Waals surface area contributed by atoms with Crippen molar-refractivity contribution in [2.45, 2.75) is 37.4 Å². The molecule has 15 heavy (non-hydrogen) atoms. The number of alkyl halides is 2. The molecule has 0 heterocycles. The zero-order valence-electron chi connectivity index (χ0n) is 8.96. The van der Waals surface area contributed by atoms with Crippen molar-refractivity contribution in [1.82, 2.24) is 0 Å². The van der Waals surface area contributed by atoms with Crippen LogP contribution in [0.3, 0.4) is 0 Å². The van der Waals surface area contributed by atoms with Gasteiger partial charge in [-0.3, -0.25) is 9.59 Å². The molecule has 0 aromatic heterocycles.